The van der Waals surface area contributed by atoms with E-state index in [0.717, 1.165) is 10.4 Å². The molecule has 1 aromatic carbocycles. The monoisotopic (exact) mass is 474 g/mol. The van der Waals surface area contributed by atoms with Crippen LogP contribution in [0.25, 0.3) is 0 Å². The first-order valence-corrected chi connectivity index (χ1v) is 12.2. The number of hydrogen-bond acceptors (Lipinski definition) is 5. The van der Waals surface area contributed by atoms with Crippen molar-refractivity contribution in [3.63, 3.8) is 0 Å². The van der Waals surface area contributed by atoms with E-state index in [4.69, 9.17) is 9.47 Å². The van der Waals surface area contributed by atoms with Gasteiger partial charge in [-0.1, -0.05) is 46.8 Å². The maximum absolute atomic E-state index is 13.4. The number of ether oxygens (including phenoxy) is 2. The van der Waals surface area contributed by atoms with Gasteiger partial charge in [0.2, 0.25) is 11.8 Å². The van der Waals surface area contributed by atoms with Gasteiger partial charge in [-0.15, -0.1) is 11.3 Å². The van der Waals surface area contributed by atoms with Crippen LogP contribution in [0.4, 0.5) is 0 Å². The first-order chi connectivity index (χ1) is 15.5. The molecule has 6 nitrogen and oxygen atoms in total. The third-order valence-electron chi connectivity index (χ3n) is 5.24. The van der Waals surface area contributed by atoms with Gasteiger partial charge in [0.15, 0.2) is 11.5 Å². The minimum absolute atomic E-state index is 0.000476. The molecule has 0 aliphatic rings. The average molecular weight is 475 g/mol. The first-order valence-electron chi connectivity index (χ1n) is 11.4. The van der Waals surface area contributed by atoms with E-state index >= 15 is 0 Å². The number of nitrogens with zero attached hydrogens (tertiary/aromatic N) is 2. The molecule has 2 aromatic rings. The number of thiophene rings is 1. The Kier molecular flexibility index (Phi) is 9.77. The summed E-state index contributed by atoms with van der Waals surface area (Å²) >= 11 is 1.63. The molecule has 0 bridgehead atoms. The van der Waals surface area contributed by atoms with Crippen molar-refractivity contribution in [3.8, 4) is 11.5 Å². The molecule has 0 saturated carbocycles. The second-order valence-electron chi connectivity index (χ2n) is 9.66. The molecule has 0 radical (unpaired) electrons. The zero-order chi connectivity index (χ0) is 24.6. The number of benzene rings is 1. The van der Waals surface area contributed by atoms with Crippen molar-refractivity contribution >= 4 is 23.2 Å². The van der Waals surface area contributed by atoms with E-state index in [1.54, 1.807) is 30.5 Å². The van der Waals surface area contributed by atoms with E-state index in [0.29, 0.717) is 37.6 Å². The van der Waals surface area contributed by atoms with Gasteiger partial charge in [-0.3, -0.25) is 9.59 Å². The van der Waals surface area contributed by atoms with E-state index in [1.807, 2.05) is 61.4 Å². The van der Waals surface area contributed by atoms with Crippen LogP contribution in [0, 0.1) is 11.3 Å². The number of methoxy groups -OCH3 is 2. The molecular formula is C26H38N2O4S. The number of hydrogen-bond donors (Lipinski definition) is 0. The minimum Gasteiger partial charge on any atom is -0.493 e. The number of amides is 2. The first kappa shape index (κ1) is 26.7. The fraction of sp³-hybridized carbons (Fsp3) is 0.538. The highest BCUT2D eigenvalue weighted by Gasteiger charge is 2.30. The molecule has 7 heteroatoms. The molecule has 182 valence electrons. The van der Waals surface area contributed by atoms with Gasteiger partial charge in [0.1, 0.15) is 0 Å². The third-order valence-corrected chi connectivity index (χ3v) is 6.10. The normalized spacial score (nSPS) is 11.4. The van der Waals surface area contributed by atoms with Crippen LogP contribution in [-0.2, 0) is 22.6 Å². The van der Waals surface area contributed by atoms with Crippen LogP contribution in [0.3, 0.4) is 0 Å². The molecule has 0 fully saturated rings. The largest absolute Gasteiger partial charge is 0.493 e. The molecular weight excluding hydrogens is 436 g/mol. The van der Waals surface area contributed by atoms with Crippen LogP contribution in [-0.4, -0.2) is 55.5 Å². The molecule has 0 atom stereocenters. The molecule has 2 amide bonds. The van der Waals surface area contributed by atoms with E-state index in [9.17, 15) is 9.59 Å². The Bertz CT molecular complexity index is 904. The Morgan fingerprint density at radius 3 is 2.27 bits per heavy atom. The van der Waals surface area contributed by atoms with Crippen molar-refractivity contribution in [1.82, 2.24) is 9.80 Å². The average Bonchev–Trinajstić information content (AvgIpc) is 3.27. The van der Waals surface area contributed by atoms with Gasteiger partial charge < -0.3 is 19.3 Å². The molecule has 1 heterocycles. The second kappa shape index (κ2) is 12.1. The summed E-state index contributed by atoms with van der Waals surface area (Å²) in [4.78, 5) is 31.1. The zero-order valence-electron chi connectivity index (χ0n) is 21.0. The van der Waals surface area contributed by atoms with E-state index in [1.165, 1.54) is 0 Å². The van der Waals surface area contributed by atoms with E-state index in [-0.39, 0.29) is 24.3 Å². The van der Waals surface area contributed by atoms with Crippen LogP contribution in [0.5, 0.6) is 11.5 Å². The summed E-state index contributed by atoms with van der Waals surface area (Å²) < 4.78 is 10.7. The third kappa shape index (κ3) is 8.07. The summed E-state index contributed by atoms with van der Waals surface area (Å²) in [5, 5.41) is 2.01. The summed E-state index contributed by atoms with van der Waals surface area (Å²) in [5.41, 5.74) is 0.523. The molecule has 0 N–H and O–H groups in total. The predicted octanol–water partition coefficient (Wildman–Crippen LogP) is 4.87. The summed E-state index contributed by atoms with van der Waals surface area (Å²) in [5.74, 6) is 1.59. The zero-order valence-corrected chi connectivity index (χ0v) is 21.8. The van der Waals surface area contributed by atoms with Crippen molar-refractivity contribution in [3.05, 3.63) is 46.2 Å². The van der Waals surface area contributed by atoms with Gasteiger partial charge >= 0.3 is 0 Å². The lowest BCUT2D eigenvalue weighted by atomic mass is 9.94. The highest BCUT2D eigenvalue weighted by molar-refractivity contribution is 7.09. The minimum atomic E-state index is -0.534. The molecule has 0 saturated heterocycles. The van der Waals surface area contributed by atoms with Crippen molar-refractivity contribution in [2.75, 3.05) is 33.9 Å². The summed E-state index contributed by atoms with van der Waals surface area (Å²) in [7, 11) is 3.23. The second-order valence-corrected chi connectivity index (χ2v) is 10.7. The van der Waals surface area contributed by atoms with Crippen LogP contribution in [0.15, 0.2) is 35.7 Å². The summed E-state index contributed by atoms with van der Waals surface area (Å²) in [6, 6.07) is 9.84. The van der Waals surface area contributed by atoms with E-state index in [2.05, 4.69) is 13.8 Å². The fourth-order valence-electron chi connectivity index (χ4n) is 3.58. The number of carbonyl (C=O) groups excluding carboxylic acids is 2. The summed E-state index contributed by atoms with van der Waals surface area (Å²) in [6.45, 7) is 11.5. The van der Waals surface area contributed by atoms with Crippen molar-refractivity contribution in [1.29, 1.82) is 0 Å². The SMILES string of the molecule is COc1ccc(CCN(Cc2cccs2)C(=O)CN(CC(C)C)C(=O)C(C)(C)C)cc1OC. The van der Waals surface area contributed by atoms with Crippen molar-refractivity contribution in [2.24, 2.45) is 11.3 Å². The lowest BCUT2D eigenvalue weighted by Gasteiger charge is -2.32. The number of rotatable bonds is 11. The van der Waals surface area contributed by atoms with Crippen LogP contribution >= 0.6 is 11.3 Å². The van der Waals surface area contributed by atoms with Gasteiger partial charge in [-0.05, 0) is 41.5 Å². The van der Waals surface area contributed by atoms with Crippen molar-refractivity contribution < 1.29 is 19.1 Å². The molecule has 33 heavy (non-hydrogen) atoms. The highest BCUT2D eigenvalue weighted by atomic mass is 32.1. The Balaban J connectivity index is 2.19. The Labute approximate surface area is 202 Å². The van der Waals surface area contributed by atoms with Crippen LogP contribution in [0.1, 0.15) is 45.1 Å². The molecule has 2 rings (SSSR count). The Hall–Kier alpha value is -2.54. The Morgan fingerprint density at radius 1 is 1.03 bits per heavy atom. The lowest BCUT2D eigenvalue weighted by Crippen LogP contribution is -2.48. The maximum Gasteiger partial charge on any atom is 0.242 e. The van der Waals surface area contributed by atoms with Crippen LogP contribution in [0.2, 0.25) is 0 Å². The van der Waals surface area contributed by atoms with Gasteiger partial charge in [-0.25, -0.2) is 0 Å². The lowest BCUT2D eigenvalue weighted by molar-refractivity contribution is -0.146. The van der Waals surface area contributed by atoms with Gasteiger partial charge in [0, 0.05) is 23.4 Å². The standard InChI is InChI=1S/C26H38N2O4S/c1-19(2)16-28(25(30)26(3,4)5)18-24(29)27(17-21-9-8-14-33-21)13-12-20-10-11-22(31-6)23(15-20)32-7/h8-11,14-15,19H,12-13,16-18H2,1-7H3. The molecule has 0 unspecified atom stereocenters. The maximum atomic E-state index is 13.4. The van der Waals surface area contributed by atoms with Gasteiger partial charge in [0.05, 0.1) is 27.3 Å². The smallest absolute Gasteiger partial charge is 0.242 e. The predicted molar refractivity (Wildman–Crippen MR) is 134 cm³/mol. The quantitative estimate of drug-likeness (QED) is 0.466. The molecule has 0 spiro atoms. The van der Waals surface area contributed by atoms with Gasteiger partial charge in [-0.2, -0.15) is 0 Å². The fourth-order valence-corrected chi connectivity index (χ4v) is 4.30. The highest BCUT2D eigenvalue weighted by Crippen LogP contribution is 2.28. The van der Waals surface area contributed by atoms with E-state index < -0.39 is 5.41 Å². The van der Waals surface area contributed by atoms with Crippen molar-refractivity contribution in [2.45, 2.75) is 47.6 Å². The molecule has 0 aliphatic carbocycles. The Morgan fingerprint density at radius 2 is 1.73 bits per heavy atom. The summed E-state index contributed by atoms with van der Waals surface area (Å²) in [6.07, 6.45) is 0.675. The molecule has 1 aromatic heterocycles. The van der Waals surface area contributed by atoms with Crippen LogP contribution < -0.4 is 9.47 Å². The topological polar surface area (TPSA) is 59.1 Å². The van der Waals surface area contributed by atoms with Gasteiger partial charge in [0.25, 0.3) is 0 Å². The number of carbonyl (C=O) groups is 2. The molecule has 0 aliphatic heterocycles.